The van der Waals surface area contributed by atoms with E-state index < -0.39 is 0 Å². The number of fused-ring (bicyclic) bond motifs is 1. The first-order chi connectivity index (χ1) is 9.93. The second-order valence-electron chi connectivity index (χ2n) is 6.30. The Morgan fingerprint density at radius 3 is 2.76 bits per heavy atom. The summed E-state index contributed by atoms with van der Waals surface area (Å²) in [4.78, 5) is 0. The number of benzene rings is 2. The predicted molar refractivity (Wildman–Crippen MR) is 91.1 cm³/mol. The minimum Gasteiger partial charge on any atom is -0.487 e. The van der Waals surface area contributed by atoms with Crippen LogP contribution in [-0.4, -0.2) is 5.60 Å². The first-order valence-electron chi connectivity index (χ1n) is 7.24. The van der Waals surface area contributed by atoms with Crippen LogP contribution in [0.2, 0.25) is 0 Å². The normalized spacial score (nSPS) is 15.4. The van der Waals surface area contributed by atoms with Crippen LogP contribution in [0.1, 0.15) is 30.5 Å². The topological polar surface area (TPSA) is 21.3 Å². The maximum Gasteiger partial charge on any atom is 0.123 e. The molecule has 110 valence electrons. The van der Waals surface area contributed by atoms with E-state index in [4.69, 9.17) is 4.74 Å². The van der Waals surface area contributed by atoms with Crippen LogP contribution < -0.4 is 10.1 Å². The van der Waals surface area contributed by atoms with Crippen LogP contribution >= 0.6 is 15.9 Å². The fourth-order valence-electron chi connectivity index (χ4n) is 2.68. The molecule has 0 radical (unpaired) electrons. The molecule has 3 heteroatoms. The van der Waals surface area contributed by atoms with Gasteiger partial charge in [-0.3, -0.25) is 0 Å². The average molecular weight is 346 g/mol. The second-order valence-corrected chi connectivity index (χ2v) is 7.15. The van der Waals surface area contributed by atoms with Gasteiger partial charge in [-0.05, 0) is 55.7 Å². The molecular weight excluding hydrogens is 326 g/mol. The van der Waals surface area contributed by atoms with Crippen LogP contribution in [0.15, 0.2) is 40.9 Å². The Morgan fingerprint density at radius 2 is 2.00 bits per heavy atom. The Hall–Kier alpha value is -1.48. The lowest BCUT2D eigenvalue weighted by Crippen LogP contribution is -2.24. The summed E-state index contributed by atoms with van der Waals surface area (Å²) in [6.45, 7) is 7.18. The third kappa shape index (κ3) is 3.24. The molecule has 0 saturated heterocycles. The number of aryl methyl sites for hydroxylation is 1. The monoisotopic (exact) mass is 345 g/mol. The average Bonchev–Trinajstić information content (AvgIpc) is 2.73. The summed E-state index contributed by atoms with van der Waals surface area (Å²) < 4.78 is 7.05. The predicted octanol–water partition coefficient (Wildman–Crippen LogP) is 5.08. The fraction of sp³-hybridized carbons (Fsp3) is 0.333. The molecule has 0 bridgehead atoms. The van der Waals surface area contributed by atoms with E-state index in [2.05, 4.69) is 78.4 Å². The van der Waals surface area contributed by atoms with E-state index in [-0.39, 0.29) is 5.60 Å². The second kappa shape index (κ2) is 5.38. The van der Waals surface area contributed by atoms with Crippen molar-refractivity contribution < 1.29 is 4.74 Å². The van der Waals surface area contributed by atoms with E-state index in [0.29, 0.717) is 0 Å². The van der Waals surface area contributed by atoms with Crippen LogP contribution in [0.3, 0.4) is 0 Å². The van der Waals surface area contributed by atoms with Crippen molar-refractivity contribution in [2.24, 2.45) is 0 Å². The van der Waals surface area contributed by atoms with E-state index in [1.807, 2.05) is 0 Å². The molecule has 0 saturated carbocycles. The van der Waals surface area contributed by atoms with Crippen LogP contribution in [0.5, 0.6) is 5.75 Å². The Morgan fingerprint density at radius 1 is 1.19 bits per heavy atom. The van der Waals surface area contributed by atoms with Gasteiger partial charge in [-0.25, -0.2) is 0 Å². The largest absolute Gasteiger partial charge is 0.487 e. The van der Waals surface area contributed by atoms with Gasteiger partial charge in [0.25, 0.3) is 0 Å². The molecule has 1 aliphatic heterocycles. The third-order valence-corrected chi connectivity index (χ3v) is 4.65. The van der Waals surface area contributed by atoms with Crippen molar-refractivity contribution in [1.82, 2.24) is 0 Å². The van der Waals surface area contributed by atoms with Crippen molar-refractivity contribution in [1.29, 1.82) is 0 Å². The Labute approximate surface area is 134 Å². The number of hydrogen-bond acceptors (Lipinski definition) is 2. The zero-order valence-corrected chi connectivity index (χ0v) is 14.3. The number of rotatable bonds is 3. The summed E-state index contributed by atoms with van der Waals surface area (Å²) in [5.74, 6) is 1.03. The summed E-state index contributed by atoms with van der Waals surface area (Å²) in [6.07, 6.45) is 0.978. The standard InChI is InChI=1S/C18H20BrNO/c1-12-4-6-15(9-16(12)19)20-11-13-5-7-17-14(8-13)10-18(2,3)21-17/h4-9,20H,10-11H2,1-3H3. The Kier molecular flexibility index (Phi) is 3.70. The molecule has 3 rings (SSSR count). The smallest absolute Gasteiger partial charge is 0.123 e. The molecule has 0 spiro atoms. The molecule has 2 nitrogen and oxygen atoms in total. The van der Waals surface area contributed by atoms with E-state index in [0.717, 1.165) is 28.9 Å². The van der Waals surface area contributed by atoms with Crippen molar-refractivity contribution in [2.45, 2.75) is 39.3 Å². The maximum atomic E-state index is 5.91. The molecule has 21 heavy (non-hydrogen) atoms. The zero-order chi connectivity index (χ0) is 15.0. The van der Waals surface area contributed by atoms with E-state index in [1.54, 1.807) is 0 Å². The van der Waals surface area contributed by atoms with Gasteiger partial charge in [0.1, 0.15) is 11.4 Å². The first kappa shape index (κ1) is 14.5. The number of nitrogens with one attached hydrogen (secondary N) is 1. The molecule has 0 unspecified atom stereocenters. The SMILES string of the molecule is Cc1ccc(NCc2ccc3c(c2)CC(C)(C)O3)cc1Br. The molecule has 0 amide bonds. The van der Waals surface area contributed by atoms with Gasteiger partial charge in [0.2, 0.25) is 0 Å². The molecule has 0 aromatic heterocycles. The Bertz CT molecular complexity index is 679. The lowest BCUT2D eigenvalue weighted by molar-refractivity contribution is 0.138. The Balaban J connectivity index is 1.71. The lowest BCUT2D eigenvalue weighted by Gasteiger charge is -2.16. The molecular formula is C18H20BrNO. The molecule has 2 aromatic rings. The van der Waals surface area contributed by atoms with Crippen LogP contribution in [0.4, 0.5) is 5.69 Å². The zero-order valence-electron chi connectivity index (χ0n) is 12.7. The highest BCUT2D eigenvalue weighted by molar-refractivity contribution is 9.10. The van der Waals surface area contributed by atoms with Gasteiger partial charge < -0.3 is 10.1 Å². The van der Waals surface area contributed by atoms with Gasteiger partial charge in [0, 0.05) is 23.1 Å². The number of halogens is 1. The van der Waals surface area contributed by atoms with E-state index in [1.165, 1.54) is 16.7 Å². The molecule has 0 fully saturated rings. The molecule has 0 aliphatic carbocycles. The van der Waals surface area contributed by atoms with Gasteiger partial charge in [0.05, 0.1) is 0 Å². The minimum atomic E-state index is -0.0732. The highest BCUT2D eigenvalue weighted by Crippen LogP contribution is 2.35. The number of anilines is 1. The minimum absolute atomic E-state index is 0.0732. The third-order valence-electron chi connectivity index (χ3n) is 3.80. The summed E-state index contributed by atoms with van der Waals surface area (Å²) in [6, 6.07) is 12.8. The molecule has 1 N–H and O–H groups in total. The first-order valence-corrected chi connectivity index (χ1v) is 8.03. The highest BCUT2D eigenvalue weighted by Gasteiger charge is 2.29. The van der Waals surface area contributed by atoms with Crippen LogP contribution in [0.25, 0.3) is 0 Å². The van der Waals surface area contributed by atoms with Gasteiger partial charge in [-0.15, -0.1) is 0 Å². The fourth-order valence-corrected chi connectivity index (χ4v) is 3.06. The summed E-state index contributed by atoms with van der Waals surface area (Å²) >= 11 is 3.57. The van der Waals surface area contributed by atoms with Crippen LogP contribution in [0, 0.1) is 6.92 Å². The van der Waals surface area contributed by atoms with Gasteiger partial charge in [-0.1, -0.05) is 34.1 Å². The van der Waals surface area contributed by atoms with Gasteiger partial charge in [0.15, 0.2) is 0 Å². The van der Waals surface area contributed by atoms with Crippen molar-refractivity contribution in [2.75, 3.05) is 5.32 Å². The van der Waals surface area contributed by atoms with Crippen LogP contribution in [-0.2, 0) is 13.0 Å². The quantitative estimate of drug-likeness (QED) is 0.837. The van der Waals surface area contributed by atoms with E-state index >= 15 is 0 Å². The lowest BCUT2D eigenvalue weighted by atomic mass is 10.0. The van der Waals surface area contributed by atoms with Gasteiger partial charge in [-0.2, -0.15) is 0 Å². The van der Waals surface area contributed by atoms with Crippen molar-refractivity contribution in [3.8, 4) is 5.75 Å². The summed E-state index contributed by atoms with van der Waals surface area (Å²) in [5, 5.41) is 3.47. The van der Waals surface area contributed by atoms with Crippen molar-refractivity contribution >= 4 is 21.6 Å². The highest BCUT2D eigenvalue weighted by atomic mass is 79.9. The number of ether oxygens (including phenoxy) is 1. The summed E-state index contributed by atoms with van der Waals surface area (Å²) in [7, 11) is 0. The van der Waals surface area contributed by atoms with Crippen molar-refractivity contribution in [3.05, 3.63) is 57.6 Å². The maximum absolute atomic E-state index is 5.91. The van der Waals surface area contributed by atoms with Crippen molar-refractivity contribution in [3.63, 3.8) is 0 Å². The van der Waals surface area contributed by atoms with Gasteiger partial charge >= 0.3 is 0 Å². The van der Waals surface area contributed by atoms with E-state index in [9.17, 15) is 0 Å². The number of hydrogen-bond donors (Lipinski definition) is 1. The molecule has 1 heterocycles. The molecule has 1 aliphatic rings. The molecule has 0 atom stereocenters. The summed E-state index contributed by atoms with van der Waals surface area (Å²) in [5.41, 5.74) is 4.90. The molecule has 2 aromatic carbocycles.